The highest BCUT2D eigenvalue weighted by Crippen LogP contribution is 2.20. The van der Waals surface area contributed by atoms with Crippen LogP contribution in [0.15, 0.2) is 34.8 Å². The largest absolute Gasteiger partial charge is 0.508 e. The van der Waals surface area contributed by atoms with Gasteiger partial charge in [-0.3, -0.25) is 0 Å². The van der Waals surface area contributed by atoms with Gasteiger partial charge in [-0.1, -0.05) is 0 Å². The minimum absolute atomic E-state index is 0.220. The lowest BCUT2D eigenvalue weighted by atomic mass is 10.2. The molecule has 0 saturated carbocycles. The molecular weight excluding hydrogens is 184 g/mol. The van der Waals surface area contributed by atoms with Gasteiger partial charge in [0.1, 0.15) is 5.75 Å². The Hall–Kier alpha value is -1.29. The minimum atomic E-state index is 0.220. The molecule has 3 nitrogen and oxygen atoms in total. The van der Waals surface area contributed by atoms with Gasteiger partial charge in [0.15, 0.2) is 0 Å². The van der Waals surface area contributed by atoms with E-state index in [2.05, 4.69) is 5.11 Å². The van der Waals surface area contributed by atoms with Crippen LogP contribution in [0, 0.1) is 5.53 Å². The van der Waals surface area contributed by atoms with Gasteiger partial charge in [-0.15, -0.1) is 11.8 Å². The van der Waals surface area contributed by atoms with Gasteiger partial charge < -0.3 is 5.11 Å². The van der Waals surface area contributed by atoms with Crippen molar-refractivity contribution in [2.75, 3.05) is 6.26 Å². The van der Waals surface area contributed by atoms with Crippen LogP contribution in [0.2, 0.25) is 0 Å². The number of hydrogen-bond donors (Lipinski definition) is 2. The molecule has 0 aliphatic carbocycles. The molecule has 13 heavy (non-hydrogen) atoms. The fourth-order valence-electron chi connectivity index (χ4n) is 0.903. The lowest BCUT2D eigenvalue weighted by Crippen LogP contribution is -1.78. The molecule has 4 heteroatoms. The molecule has 0 saturated heterocycles. The lowest BCUT2D eigenvalue weighted by Gasteiger charge is -1.99. The summed E-state index contributed by atoms with van der Waals surface area (Å²) in [6.07, 6.45) is 1.91. The van der Waals surface area contributed by atoms with Crippen LogP contribution < -0.4 is 0 Å². The smallest absolute Gasteiger partial charge is 0.115 e. The van der Waals surface area contributed by atoms with Crippen molar-refractivity contribution in [1.82, 2.24) is 0 Å². The molecule has 1 aromatic rings. The van der Waals surface area contributed by atoms with Crippen molar-refractivity contribution in [2.24, 2.45) is 5.11 Å². The fourth-order valence-corrected chi connectivity index (χ4v) is 1.31. The molecule has 0 radical (unpaired) electrons. The predicted octanol–water partition coefficient (Wildman–Crippen LogP) is 3.08. The SMILES string of the molecule is CS/C=C(\N=N)c1ccc(O)cc1. The quantitative estimate of drug-likeness (QED) is 0.726. The van der Waals surface area contributed by atoms with E-state index in [0.29, 0.717) is 5.70 Å². The average Bonchev–Trinajstić information content (AvgIpc) is 2.16. The Morgan fingerprint density at radius 1 is 1.46 bits per heavy atom. The van der Waals surface area contributed by atoms with E-state index < -0.39 is 0 Å². The Morgan fingerprint density at radius 2 is 2.08 bits per heavy atom. The molecule has 1 rings (SSSR count). The number of nitrogens with one attached hydrogen (secondary N) is 1. The first-order chi connectivity index (χ1) is 6.27. The van der Waals surface area contributed by atoms with Gasteiger partial charge in [-0.2, -0.15) is 5.11 Å². The Balaban J connectivity index is 2.99. The van der Waals surface area contributed by atoms with Gasteiger partial charge in [-0.05, 0) is 35.9 Å². The zero-order chi connectivity index (χ0) is 9.68. The molecule has 0 heterocycles. The summed E-state index contributed by atoms with van der Waals surface area (Å²) in [6.45, 7) is 0. The first kappa shape index (κ1) is 9.80. The van der Waals surface area contributed by atoms with Gasteiger partial charge in [0.05, 0.1) is 5.70 Å². The van der Waals surface area contributed by atoms with E-state index in [1.54, 1.807) is 29.7 Å². The highest BCUT2D eigenvalue weighted by atomic mass is 32.2. The molecule has 0 amide bonds. The molecule has 0 aromatic heterocycles. The van der Waals surface area contributed by atoms with Crippen LogP contribution in [-0.4, -0.2) is 11.4 Å². The second-order valence-corrected chi connectivity index (χ2v) is 3.10. The Bertz CT molecular complexity index is 319. The monoisotopic (exact) mass is 194 g/mol. The number of nitrogens with zero attached hydrogens (tertiary/aromatic N) is 1. The highest BCUT2D eigenvalue weighted by molar-refractivity contribution is 8.01. The number of hydrogen-bond acceptors (Lipinski definition) is 4. The Morgan fingerprint density at radius 3 is 2.54 bits per heavy atom. The summed E-state index contributed by atoms with van der Waals surface area (Å²) in [7, 11) is 0. The van der Waals surface area contributed by atoms with Crippen LogP contribution >= 0.6 is 11.8 Å². The summed E-state index contributed by atoms with van der Waals surface area (Å²) in [4.78, 5) is 0. The van der Waals surface area contributed by atoms with Crippen molar-refractivity contribution >= 4 is 17.5 Å². The number of rotatable bonds is 3. The normalized spacial score (nSPS) is 11.3. The predicted molar refractivity (Wildman–Crippen MR) is 54.7 cm³/mol. The summed E-state index contributed by atoms with van der Waals surface area (Å²) >= 11 is 1.50. The van der Waals surface area contributed by atoms with Gasteiger partial charge in [0.2, 0.25) is 0 Å². The lowest BCUT2D eigenvalue weighted by molar-refractivity contribution is 0.475. The van der Waals surface area contributed by atoms with E-state index in [4.69, 9.17) is 10.6 Å². The number of aromatic hydroxyl groups is 1. The Labute approximate surface area is 81.0 Å². The maximum atomic E-state index is 9.04. The van der Waals surface area contributed by atoms with Gasteiger partial charge >= 0.3 is 0 Å². The molecule has 0 aliphatic heterocycles. The summed E-state index contributed by atoms with van der Waals surface area (Å²) < 4.78 is 0. The van der Waals surface area contributed by atoms with E-state index in [1.165, 1.54) is 11.8 Å². The van der Waals surface area contributed by atoms with Crippen molar-refractivity contribution in [1.29, 1.82) is 5.53 Å². The summed E-state index contributed by atoms with van der Waals surface area (Å²) in [6, 6.07) is 6.62. The molecule has 2 N–H and O–H groups in total. The zero-order valence-corrected chi connectivity index (χ0v) is 8.01. The topological polar surface area (TPSA) is 56.4 Å². The van der Waals surface area contributed by atoms with E-state index in [0.717, 1.165) is 5.56 Å². The third kappa shape index (κ3) is 2.59. The second kappa shape index (κ2) is 4.67. The van der Waals surface area contributed by atoms with E-state index in [1.807, 2.05) is 6.26 Å². The summed E-state index contributed by atoms with van der Waals surface area (Å²) in [5, 5.41) is 14.2. The van der Waals surface area contributed by atoms with Crippen molar-refractivity contribution in [3.63, 3.8) is 0 Å². The highest BCUT2D eigenvalue weighted by Gasteiger charge is 1.98. The van der Waals surface area contributed by atoms with E-state index in [9.17, 15) is 0 Å². The van der Waals surface area contributed by atoms with Crippen LogP contribution in [0.25, 0.3) is 5.70 Å². The van der Waals surface area contributed by atoms with Crippen molar-refractivity contribution < 1.29 is 5.11 Å². The zero-order valence-electron chi connectivity index (χ0n) is 7.19. The third-order valence-corrected chi connectivity index (χ3v) is 1.97. The van der Waals surface area contributed by atoms with Gasteiger partial charge in [0, 0.05) is 5.56 Å². The van der Waals surface area contributed by atoms with Crippen LogP contribution in [0.1, 0.15) is 5.56 Å². The van der Waals surface area contributed by atoms with Crippen LogP contribution in [0.5, 0.6) is 5.75 Å². The maximum absolute atomic E-state index is 9.04. The van der Waals surface area contributed by atoms with Gasteiger partial charge in [-0.25, -0.2) is 5.53 Å². The number of phenols is 1. The van der Waals surface area contributed by atoms with E-state index >= 15 is 0 Å². The average molecular weight is 194 g/mol. The second-order valence-electron chi connectivity index (χ2n) is 2.40. The van der Waals surface area contributed by atoms with E-state index in [-0.39, 0.29) is 5.75 Å². The molecule has 0 aliphatic rings. The molecule has 0 fully saturated rings. The molecule has 0 unspecified atom stereocenters. The molecular formula is C9H10N2OS. The molecule has 0 atom stereocenters. The minimum Gasteiger partial charge on any atom is -0.508 e. The van der Waals surface area contributed by atoms with Crippen molar-refractivity contribution in [2.45, 2.75) is 0 Å². The molecule has 0 spiro atoms. The fraction of sp³-hybridized carbons (Fsp3) is 0.111. The third-order valence-electron chi connectivity index (χ3n) is 1.51. The van der Waals surface area contributed by atoms with Gasteiger partial charge in [0.25, 0.3) is 0 Å². The number of benzene rings is 1. The first-order valence-corrected chi connectivity index (χ1v) is 4.96. The molecule has 68 valence electrons. The number of thioether (sulfide) groups is 1. The molecule has 1 aromatic carbocycles. The maximum Gasteiger partial charge on any atom is 0.115 e. The van der Waals surface area contributed by atoms with Crippen LogP contribution in [0.4, 0.5) is 0 Å². The summed E-state index contributed by atoms with van der Waals surface area (Å²) in [5.74, 6) is 0.220. The summed E-state index contributed by atoms with van der Waals surface area (Å²) in [5.41, 5.74) is 8.37. The standard InChI is InChI=1S/C9H10N2OS/c1-13-6-9(11-10)7-2-4-8(12)5-3-7/h2-6,10,12H,1H3/b9-6-,11-10?. The first-order valence-electron chi connectivity index (χ1n) is 3.67. The van der Waals surface area contributed by atoms with Crippen LogP contribution in [-0.2, 0) is 0 Å². The Kier molecular flexibility index (Phi) is 3.52. The number of phenolic OH excluding ortho intramolecular Hbond substituents is 1. The van der Waals surface area contributed by atoms with Crippen LogP contribution in [0.3, 0.4) is 0 Å². The van der Waals surface area contributed by atoms with Crippen molar-refractivity contribution in [3.8, 4) is 5.75 Å². The van der Waals surface area contributed by atoms with Crippen molar-refractivity contribution in [3.05, 3.63) is 35.2 Å². The molecule has 0 bridgehead atoms.